The van der Waals surface area contributed by atoms with Gasteiger partial charge in [0.2, 0.25) is 5.91 Å². The lowest BCUT2D eigenvalue weighted by Crippen LogP contribution is -2.52. The molecular formula is C8H14FNO4. The van der Waals surface area contributed by atoms with Crippen molar-refractivity contribution in [2.75, 3.05) is 0 Å². The first kappa shape index (κ1) is 13.0. The fourth-order valence-corrected chi connectivity index (χ4v) is 1.00. The van der Waals surface area contributed by atoms with Gasteiger partial charge in [-0.2, -0.15) is 0 Å². The number of hydrogen-bond donors (Lipinski definition) is 3. The van der Waals surface area contributed by atoms with Gasteiger partial charge in [-0.1, -0.05) is 0 Å². The summed E-state index contributed by atoms with van der Waals surface area (Å²) in [6.45, 7) is 2.44. The molecule has 0 saturated carbocycles. The van der Waals surface area contributed by atoms with Gasteiger partial charge in [0, 0.05) is 6.92 Å². The van der Waals surface area contributed by atoms with Gasteiger partial charge in [-0.05, 0) is 6.92 Å². The van der Waals surface area contributed by atoms with Gasteiger partial charge in [0.05, 0.1) is 12.1 Å². The zero-order valence-electron chi connectivity index (χ0n) is 7.98. The van der Waals surface area contributed by atoms with E-state index in [1.165, 1.54) is 6.92 Å². The molecule has 82 valence electrons. The maximum atomic E-state index is 12.7. The molecule has 14 heavy (non-hydrogen) atoms. The fourth-order valence-electron chi connectivity index (χ4n) is 1.00. The van der Waals surface area contributed by atoms with E-state index in [0.29, 0.717) is 0 Å². The lowest BCUT2D eigenvalue weighted by Gasteiger charge is -2.26. The molecule has 0 aromatic heterocycles. The highest BCUT2D eigenvalue weighted by molar-refractivity contribution is 5.73. The highest BCUT2D eigenvalue weighted by atomic mass is 19.1. The third-order valence-corrected chi connectivity index (χ3v) is 1.71. The minimum atomic E-state index is -2.12. The van der Waals surface area contributed by atoms with Crippen LogP contribution >= 0.6 is 0 Å². The summed E-state index contributed by atoms with van der Waals surface area (Å²) in [5.41, 5.74) is 0. The molecule has 0 saturated heterocycles. The van der Waals surface area contributed by atoms with E-state index in [1.54, 1.807) is 0 Å². The zero-order chi connectivity index (χ0) is 11.3. The summed E-state index contributed by atoms with van der Waals surface area (Å²) in [7, 11) is 0. The van der Waals surface area contributed by atoms with Crippen molar-refractivity contribution in [3.05, 3.63) is 0 Å². The number of nitrogens with one attached hydrogen (secondary N) is 1. The highest BCUT2D eigenvalue weighted by Gasteiger charge is 2.31. The average molecular weight is 207 g/mol. The molecule has 0 radical (unpaired) electrons. The molecule has 4 atom stereocenters. The van der Waals surface area contributed by atoms with Gasteiger partial charge >= 0.3 is 0 Å². The van der Waals surface area contributed by atoms with Crippen LogP contribution in [0.2, 0.25) is 0 Å². The van der Waals surface area contributed by atoms with Gasteiger partial charge in [0.1, 0.15) is 6.10 Å². The van der Waals surface area contributed by atoms with E-state index < -0.39 is 30.3 Å². The summed E-state index contributed by atoms with van der Waals surface area (Å²) in [5, 5.41) is 20.5. The van der Waals surface area contributed by atoms with Crippen LogP contribution in [0.3, 0.4) is 0 Å². The summed E-state index contributed by atoms with van der Waals surface area (Å²) >= 11 is 0. The molecule has 0 aromatic carbocycles. The van der Waals surface area contributed by atoms with Gasteiger partial charge < -0.3 is 20.3 Å². The summed E-state index contributed by atoms with van der Waals surface area (Å²) in [4.78, 5) is 20.7. The van der Waals surface area contributed by atoms with Gasteiger partial charge in [0.25, 0.3) is 0 Å². The standard InChI is InChI=1S/C8H14FNO4/c1-4(12)7(10-5(2)13)8(14)6(9)3-11/h3-4,6-8,12,14H,1-2H3,(H,10,13)/t4-,6+,7+,8-/m1/s1. The quantitative estimate of drug-likeness (QED) is 0.493. The highest BCUT2D eigenvalue weighted by Crippen LogP contribution is 2.06. The molecule has 0 heterocycles. The molecule has 0 bridgehead atoms. The van der Waals surface area contributed by atoms with Crippen LogP contribution in [-0.2, 0) is 9.59 Å². The Labute approximate surface area is 80.9 Å². The summed E-state index contributed by atoms with van der Waals surface area (Å²) in [6, 6.07) is -1.19. The van der Waals surface area contributed by atoms with Crippen molar-refractivity contribution in [3.8, 4) is 0 Å². The van der Waals surface area contributed by atoms with Crippen LogP contribution in [0.25, 0.3) is 0 Å². The van der Waals surface area contributed by atoms with E-state index in [4.69, 9.17) is 5.11 Å². The van der Waals surface area contributed by atoms with Crippen molar-refractivity contribution in [2.24, 2.45) is 0 Å². The summed E-state index contributed by atoms with van der Waals surface area (Å²) < 4.78 is 12.7. The van der Waals surface area contributed by atoms with Crippen LogP contribution in [0.5, 0.6) is 0 Å². The van der Waals surface area contributed by atoms with Crippen LogP contribution in [-0.4, -0.2) is 46.8 Å². The maximum absolute atomic E-state index is 12.7. The van der Waals surface area contributed by atoms with E-state index in [9.17, 15) is 19.1 Å². The summed E-state index contributed by atoms with van der Waals surface area (Å²) in [6.07, 6.45) is -5.09. The second kappa shape index (κ2) is 5.66. The first-order chi connectivity index (χ1) is 6.40. The topological polar surface area (TPSA) is 86.6 Å². The van der Waals surface area contributed by atoms with Crippen molar-refractivity contribution in [1.82, 2.24) is 5.32 Å². The molecule has 0 fully saturated rings. The van der Waals surface area contributed by atoms with Gasteiger partial charge in [-0.25, -0.2) is 4.39 Å². The lowest BCUT2D eigenvalue weighted by molar-refractivity contribution is -0.125. The average Bonchev–Trinajstić information content (AvgIpc) is 2.11. The van der Waals surface area contributed by atoms with Crippen LogP contribution in [0.4, 0.5) is 4.39 Å². The zero-order valence-corrected chi connectivity index (χ0v) is 7.98. The molecule has 6 heteroatoms. The smallest absolute Gasteiger partial charge is 0.217 e. The van der Waals surface area contributed by atoms with Crippen molar-refractivity contribution >= 4 is 12.2 Å². The molecule has 1 amide bonds. The van der Waals surface area contributed by atoms with Crippen LogP contribution in [0, 0.1) is 0 Å². The SMILES string of the molecule is CC(=O)N[C@H]([C@H](O)[C@@H](F)C=O)[C@@H](C)O. The number of rotatable bonds is 5. The second-order valence-corrected chi connectivity index (χ2v) is 3.04. The predicted molar refractivity (Wildman–Crippen MR) is 46.3 cm³/mol. The maximum Gasteiger partial charge on any atom is 0.217 e. The Balaban J connectivity index is 4.47. The first-order valence-corrected chi connectivity index (χ1v) is 4.12. The second-order valence-electron chi connectivity index (χ2n) is 3.04. The number of aliphatic hydroxyl groups is 2. The number of amides is 1. The third kappa shape index (κ3) is 3.80. The number of aldehydes is 1. The molecule has 0 aliphatic heterocycles. The molecule has 0 spiro atoms. The predicted octanol–water partition coefficient (Wildman–Crippen LogP) is -1.23. The molecule has 0 aliphatic rings. The number of alkyl halides is 1. The lowest BCUT2D eigenvalue weighted by atomic mass is 10.0. The van der Waals surface area contributed by atoms with Crippen LogP contribution in [0.15, 0.2) is 0 Å². The van der Waals surface area contributed by atoms with E-state index in [1.807, 2.05) is 0 Å². The minimum Gasteiger partial charge on any atom is -0.391 e. The Morgan fingerprint density at radius 3 is 2.29 bits per heavy atom. The monoisotopic (exact) mass is 207 g/mol. The van der Waals surface area contributed by atoms with E-state index in [0.717, 1.165) is 6.92 Å². The van der Waals surface area contributed by atoms with Gasteiger partial charge in [0.15, 0.2) is 12.5 Å². The normalized spacial score (nSPS) is 19.2. The molecule has 3 N–H and O–H groups in total. The Morgan fingerprint density at radius 1 is 1.50 bits per heavy atom. The fraction of sp³-hybridized carbons (Fsp3) is 0.750. The molecule has 0 aliphatic carbocycles. The Bertz CT molecular complexity index is 210. The van der Waals surface area contributed by atoms with Gasteiger partial charge in [-0.3, -0.25) is 4.79 Å². The Morgan fingerprint density at radius 2 is 2.00 bits per heavy atom. The number of hydrogen-bond acceptors (Lipinski definition) is 4. The summed E-state index contributed by atoms with van der Waals surface area (Å²) in [5.74, 6) is -0.520. The van der Waals surface area contributed by atoms with Crippen molar-refractivity contribution in [2.45, 2.75) is 38.3 Å². The van der Waals surface area contributed by atoms with Crippen molar-refractivity contribution in [3.63, 3.8) is 0 Å². The number of carbonyl (C=O) groups excluding carboxylic acids is 2. The molecule has 0 rings (SSSR count). The molecule has 0 aromatic rings. The number of halogens is 1. The number of carbonyl (C=O) groups is 2. The van der Waals surface area contributed by atoms with E-state index in [-0.39, 0.29) is 6.29 Å². The largest absolute Gasteiger partial charge is 0.391 e. The van der Waals surface area contributed by atoms with E-state index in [2.05, 4.69) is 5.32 Å². The van der Waals surface area contributed by atoms with Crippen molar-refractivity contribution in [1.29, 1.82) is 0 Å². The molecular weight excluding hydrogens is 193 g/mol. The Hall–Kier alpha value is -1.01. The van der Waals surface area contributed by atoms with Gasteiger partial charge in [-0.15, -0.1) is 0 Å². The minimum absolute atomic E-state index is 0.0815. The van der Waals surface area contributed by atoms with E-state index >= 15 is 0 Å². The van der Waals surface area contributed by atoms with Crippen LogP contribution in [0.1, 0.15) is 13.8 Å². The third-order valence-electron chi connectivity index (χ3n) is 1.71. The number of aliphatic hydroxyl groups excluding tert-OH is 2. The molecule has 5 nitrogen and oxygen atoms in total. The first-order valence-electron chi connectivity index (χ1n) is 4.12. The van der Waals surface area contributed by atoms with Crippen LogP contribution < -0.4 is 5.32 Å². The Kier molecular flexibility index (Phi) is 5.26. The molecule has 0 unspecified atom stereocenters. The van der Waals surface area contributed by atoms with Crippen molar-refractivity contribution < 1.29 is 24.2 Å².